The number of urea groups is 1. The van der Waals surface area contributed by atoms with E-state index in [1.54, 1.807) is 4.90 Å². The van der Waals surface area contributed by atoms with Crippen LogP contribution in [0.2, 0.25) is 0 Å². The third kappa shape index (κ3) is 1.08. The molecule has 0 unspecified atom stereocenters. The van der Waals surface area contributed by atoms with Crippen LogP contribution >= 0.6 is 0 Å². The first-order valence-corrected chi connectivity index (χ1v) is 5.00. The third-order valence-corrected chi connectivity index (χ3v) is 2.82. The van der Waals surface area contributed by atoms with Crippen LogP contribution in [0.25, 0.3) is 0 Å². The number of hydrogen-bond acceptors (Lipinski definition) is 2. The first-order valence-electron chi connectivity index (χ1n) is 5.00. The van der Waals surface area contributed by atoms with E-state index >= 15 is 0 Å². The normalized spacial score (nSPS) is 18.1. The molecular weight excluding hydrogens is 190 g/mol. The van der Waals surface area contributed by atoms with Gasteiger partial charge in [0.15, 0.2) is 0 Å². The summed E-state index contributed by atoms with van der Waals surface area (Å²) in [6.45, 7) is 3.43. The summed E-state index contributed by atoms with van der Waals surface area (Å²) < 4.78 is 0. The van der Waals surface area contributed by atoms with Gasteiger partial charge in [0.2, 0.25) is 0 Å². The van der Waals surface area contributed by atoms with Crippen molar-refractivity contribution < 1.29 is 4.79 Å². The molecular formula is C11H11N3O. The number of anilines is 1. The lowest BCUT2D eigenvalue weighted by atomic mass is 10.0. The van der Waals surface area contributed by atoms with Crippen LogP contribution in [0.5, 0.6) is 0 Å². The molecule has 2 aliphatic rings. The average molecular weight is 201 g/mol. The minimum absolute atomic E-state index is 0.0654. The van der Waals surface area contributed by atoms with Gasteiger partial charge in [-0.15, -0.1) is 0 Å². The van der Waals surface area contributed by atoms with Crippen LogP contribution in [0.4, 0.5) is 10.5 Å². The molecule has 0 fully saturated rings. The van der Waals surface area contributed by atoms with Crippen molar-refractivity contribution >= 4 is 17.6 Å². The maximum atomic E-state index is 11.7. The molecule has 15 heavy (non-hydrogen) atoms. The molecule has 4 nitrogen and oxygen atoms in total. The Morgan fingerprint density at radius 1 is 1.47 bits per heavy atom. The number of fused-ring (bicyclic) bond motifs is 3. The Morgan fingerprint density at radius 2 is 2.33 bits per heavy atom. The monoisotopic (exact) mass is 201 g/mol. The van der Waals surface area contributed by atoms with Crippen molar-refractivity contribution in [1.29, 1.82) is 0 Å². The SMILES string of the molecule is Cc1cccc2c1C1=NCCN1C(=O)N2. The maximum Gasteiger partial charge on any atom is 0.327 e. The number of carbonyl (C=O) groups excluding carboxylic acids is 1. The molecule has 2 heterocycles. The van der Waals surface area contributed by atoms with Crippen LogP contribution in [0.1, 0.15) is 11.1 Å². The van der Waals surface area contributed by atoms with Gasteiger partial charge in [0, 0.05) is 12.1 Å². The zero-order valence-electron chi connectivity index (χ0n) is 8.45. The fourth-order valence-corrected chi connectivity index (χ4v) is 2.11. The Labute approximate surface area is 87.6 Å². The van der Waals surface area contributed by atoms with Gasteiger partial charge in [-0.05, 0) is 18.6 Å². The predicted octanol–water partition coefficient (Wildman–Crippen LogP) is 1.60. The van der Waals surface area contributed by atoms with E-state index in [-0.39, 0.29) is 6.03 Å². The summed E-state index contributed by atoms with van der Waals surface area (Å²) in [7, 11) is 0. The molecule has 2 aliphatic heterocycles. The van der Waals surface area contributed by atoms with E-state index in [9.17, 15) is 4.79 Å². The standard InChI is InChI=1S/C11H11N3O/c1-7-3-2-4-8-9(7)10-12-5-6-14(10)11(15)13-8/h2-4H,5-6H2,1H3,(H,13,15). The number of aliphatic imine (C=N–C) groups is 1. The van der Waals surface area contributed by atoms with E-state index in [1.807, 2.05) is 25.1 Å². The molecule has 0 saturated carbocycles. The van der Waals surface area contributed by atoms with Crippen molar-refractivity contribution in [3.63, 3.8) is 0 Å². The van der Waals surface area contributed by atoms with Crippen LogP contribution in [0.3, 0.4) is 0 Å². The number of amides is 2. The Morgan fingerprint density at radius 3 is 3.20 bits per heavy atom. The van der Waals surface area contributed by atoms with Gasteiger partial charge in [0.25, 0.3) is 0 Å². The van der Waals surface area contributed by atoms with Crippen LogP contribution in [0.15, 0.2) is 23.2 Å². The Kier molecular flexibility index (Phi) is 1.59. The Hall–Kier alpha value is -1.84. The third-order valence-electron chi connectivity index (χ3n) is 2.82. The summed E-state index contributed by atoms with van der Waals surface area (Å²) in [5.41, 5.74) is 3.09. The van der Waals surface area contributed by atoms with Crippen LogP contribution in [-0.4, -0.2) is 29.9 Å². The summed E-state index contributed by atoms with van der Waals surface area (Å²) in [6, 6.07) is 5.83. The quantitative estimate of drug-likeness (QED) is 0.680. The van der Waals surface area contributed by atoms with Gasteiger partial charge in [0.1, 0.15) is 5.84 Å². The molecule has 1 aromatic rings. The predicted molar refractivity (Wildman–Crippen MR) is 58.3 cm³/mol. The largest absolute Gasteiger partial charge is 0.327 e. The van der Waals surface area contributed by atoms with E-state index in [2.05, 4.69) is 10.3 Å². The molecule has 0 spiro atoms. The molecule has 0 atom stereocenters. The molecule has 1 aromatic carbocycles. The number of nitrogens with zero attached hydrogens (tertiary/aromatic N) is 2. The van der Waals surface area contributed by atoms with E-state index in [0.717, 1.165) is 22.6 Å². The minimum Gasteiger partial charge on any atom is -0.307 e. The molecule has 3 rings (SSSR count). The van der Waals surface area contributed by atoms with Crippen LogP contribution in [-0.2, 0) is 0 Å². The fourth-order valence-electron chi connectivity index (χ4n) is 2.11. The molecule has 0 aromatic heterocycles. The topological polar surface area (TPSA) is 44.7 Å². The van der Waals surface area contributed by atoms with Crippen molar-refractivity contribution in [3.05, 3.63) is 29.3 Å². The second-order valence-corrected chi connectivity index (χ2v) is 3.78. The molecule has 1 N–H and O–H groups in total. The lowest BCUT2D eigenvalue weighted by Gasteiger charge is -2.27. The summed E-state index contributed by atoms with van der Waals surface area (Å²) in [5.74, 6) is 0.826. The second kappa shape index (κ2) is 2.82. The summed E-state index contributed by atoms with van der Waals surface area (Å²) in [4.78, 5) is 17.8. The van der Waals surface area contributed by atoms with Crippen LogP contribution in [0, 0.1) is 6.92 Å². The zero-order chi connectivity index (χ0) is 10.4. The Bertz CT molecular complexity index is 479. The molecule has 0 aliphatic carbocycles. The van der Waals surface area contributed by atoms with Crippen LogP contribution < -0.4 is 5.32 Å². The first kappa shape index (κ1) is 8.47. The van der Waals surface area contributed by atoms with Crippen molar-refractivity contribution in [2.24, 2.45) is 4.99 Å². The molecule has 0 radical (unpaired) electrons. The highest BCUT2D eigenvalue weighted by Crippen LogP contribution is 2.28. The lowest BCUT2D eigenvalue weighted by Crippen LogP contribution is -2.42. The summed E-state index contributed by atoms with van der Waals surface area (Å²) in [5, 5.41) is 2.88. The van der Waals surface area contributed by atoms with E-state index in [0.29, 0.717) is 13.1 Å². The maximum absolute atomic E-state index is 11.7. The van der Waals surface area contributed by atoms with Crippen molar-refractivity contribution in [3.8, 4) is 0 Å². The number of nitrogens with one attached hydrogen (secondary N) is 1. The number of aryl methyl sites for hydroxylation is 1. The molecule has 0 bridgehead atoms. The average Bonchev–Trinajstić information content (AvgIpc) is 2.66. The van der Waals surface area contributed by atoms with Gasteiger partial charge >= 0.3 is 6.03 Å². The van der Waals surface area contributed by atoms with Crippen molar-refractivity contribution in [1.82, 2.24) is 4.90 Å². The summed E-state index contributed by atoms with van der Waals surface area (Å²) in [6.07, 6.45) is 0. The van der Waals surface area contributed by atoms with Gasteiger partial charge in [-0.2, -0.15) is 0 Å². The molecule has 0 saturated heterocycles. The summed E-state index contributed by atoms with van der Waals surface area (Å²) >= 11 is 0. The lowest BCUT2D eigenvalue weighted by molar-refractivity contribution is 0.235. The highest BCUT2D eigenvalue weighted by molar-refractivity contribution is 6.19. The van der Waals surface area contributed by atoms with E-state index < -0.39 is 0 Å². The highest BCUT2D eigenvalue weighted by Gasteiger charge is 2.32. The zero-order valence-corrected chi connectivity index (χ0v) is 8.45. The van der Waals surface area contributed by atoms with Gasteiger partial charge in [-0.1, -0.05) is 12.1 Å². The van der Waals surface area contributed by atoms with Gasteiger partial charge < -0.3 is 5.32 Å². The molecule has 76 valence electrons. The number of benzene rings is 1. The fraction of sp³-hybridized carbons (Fsp3) is 0.273. The number of carbonyl (C=O) groups is 1. The second-order valence-electron chi connectivity index (χ2n) is 3.78. The number of hydrogen-bond donors (Lipinski definition) is 1. The molecule has 4 heteroatoms. The number of amidine groups is 1. The smallest absolute Gasteiger partial charge is 0.307 e. The first-order chi connectivity index (χ1) is 7.27. The van der Waals surface area contributed by atoms with Gasteiger partial charge in [-0.25, -0.2) is 4.79 Å². The number of rotatable bonds is 0. The van der Waals surface area contributed by atoms with Gasteiger partial charge in [-0.3, -0.25) is 9.89 Å². The Balaban J connectivity index is 2.25. The van der Waals surface area contributed by atoms with E-state index in [1.165, 1.54) is 0 Å². The van der Waals surface area contributed by atoms with Crippen molar-refractivity contribution in [2.45, 2.75) is 6.92 Å². The molecule has 2 amide bonds. The van der Waals surface area contributed by atoms with Crippen molar-refractivity contribution in [2.75, 3.05) is 18.4 Å². The minimum atomic E-state index is -0.0654. The van der Waals surface area contributed by atoms with E-state index in [4.69, 9.17) is 0 Å². The highest BCUT2D eigenvalue weighted by atomic mass is 16.2. The van der Waals surface area contributed by atoms with Gasteiger partial charge in [0.05, 0.1) is 12.2 Å².